The zero-order valence-electron chi connectivity index (χ0n) is 12.2. The Kier molecular flexibility index (Phi) is 3.66. The van der Waals surface area contributed by atoms with Crippen molar-refractivity contribution in [2.45, 2.75) is 25.8 Å². The summed E-state index contributed by atoms with van der Waals surface area (Å²) < 4.78 is 5.12. The van der Waals surface area contributed by atoms with E-state index < -0.39 is 17.9 Å². The van der Waals surface area contributed by atoms with Crippen LogP contribution in [0.2, 0.25) is 0 Å². The lowest BCUT2D eigenvalue weighted by molar-refractivity contribution is -0.141. The molecule has 6 nitrogen and oxygen atoms in total. The van der Waals surface area contributed by atoms with Crippen LogP contribution >= 0.6 is 0 Å². The van der Waals surface area contributed by atoms with E-state index in [1.54, 1.807) is 6.07 Å². The molecule has 1 fully saturated rings. The van der Waals surface area contributed by atoms with Crippen LogP contribution in [0.4, 0.5) is 0 Å². The number of hydrogen-bond donors (Lipinski definition) is 1. The minimum Gasteiger partial charge on any atom is -0.480 e. The van der Waals surface area contributed by atoms with Gasteiger partial charge in [-0.1, -0.05) is 35.0 Å². The number of aromatic nitrogens is 1. The van der Waals surface area contributed by atoms with Gasteiger partial charge in [-0.3, -0.25) is 4.79 Å². The van der Waals surface area contributed by atoms with E-state index in [4.69, 9.17) is 9.63 Å². The van der Waals surface area contributed by atoms with Gasteiger partial charge in [0.1, 0.15) is 11.7 Å². The van der Waals surface area contributed by atoms with Gasteiger partial charge in [0.25, 0.3) is 5.91 Å². The Labute approximate surface area is 127 Å². The van der Waals surface area contributed by atoms with Gasteiger partial charge in [0.2, 0.25) is 5.76 Å². The number of aryl methyl sites for hydroxylation is 1. The number of nitrogens with zero attached hydrogens (tertiary/aromatic N) is 2. The second-order valence-corrected chi connectivity index (χ2v) is 5.44. The predicted molar refractivity (Wildman–Crippen MR) is 78.4 cm³/mol. The summed E-state index contributed by atoms with van der Waals surface area (Å²) in [6.45, 7) is 2.41. The summed E-state index contributed by atoms with van der Waals surface area (Å²) in [7, 11) is 0. The van der Waals surface area contributed by atoms with Crippen molar-refractivity contribution in [1.29, 1.82) is 0 Å². The largest absolute Gasteiger partial charge is 0.480 e. The van der Waals surface area contributed by atoms with Crippen LogP contribution in [0.1, 0.15) is 29.0 Å². The summed E-state index contributed by atoms with van der Waals surface area (Å²) in [5.41, 5.74) is 2.55. The van der Waals surface area contributed by atoms with Crippen LogP contribution in [0.15, 0.2) is 34.9 Å². The molecular weight excluding hydrogens is 284 g/mol. The molecule has 114 valence electrons. The fourth-order valence-electron chi connectivity index (χ4n) is 2.64. The maximum absolute atomic E-state index is 12.4. The number of hydrogen-bond acceptors (Lipinski definition) is 4. The Morgan fingerprint density at radius 3 is 2.73 bits per heavy atom. The monoisotopic (exact) mass is 300 g/mol. The lowest BCUT2D eigenvalue weighted by Crippen LogP contribution is -2.40. The van der Waals surface area contributed by atoms with Crippen LogP contribution < -0.4 is 0 Å². The molecule has 6 heteroatoms. The van der Waals surface area contributed by atoms with Crippen molar-refractivity contribution < 1.29 is 19.2 Å². The van der Waals surface area contributed by atoms with E-state index >= 15 is 0 Å². The Bertz CT molecular complexity index is 705. The van der Waals surface area contributed by atoms with Gasteiger partial charge in [-0.15, -0.1) is 0 Å². The molecule has 1 aromatic heterocycles. The maximum Gasteiger partial charge on any atom is 0.326 e. The second kappa shape index (κ2) is 5.63. The molecule has 0 spiro atoms. The number of carbonyl (C=O) groups is 2. The molecule has 1 saturated heterocycles. The molecular formula is C16H16N2O4. The average molecular weight is 300 g/mol. The van der Waals surface area contributed by atoms with E-state index in [0.29, 0.717) is 25.1 Å². The highest BCUT2D eigenvalue weighted by molar-refractivity contribution is 5.95. The summed E-state index contributed by atoms with van der Waals surface area (Å²) in [5, 5.41) is 13.1. The third kappa shape index (κ3) is 2.59. The Balaban J connectivity index is 1.82. The molecule has 1 N–H and O–H groups in total. The third-order valence-electron chi connectivity index (χ3n) is 3.87. The molecule has 1 atom stereocenters. The molecule has 0 aliphatic carbocycles. The second-order valence-electron chi connectivity index (χ2n) is 5.44. The first-order valence-corrected chi connectivity index (χ1v) is 7.14. The number of carboxylic acids is 1. The van der Waals surface area contributed by atoms with E-state index in [-0.39, 0.29) is 5.76 Å². The van der Waals surface area contributed by atoms with Crippen molar-refractivity contribution in [3.05, 3.63) is 41.7 Å². The number of carboxylic acid groups (broad SMARTS) is 1. The Morgan fingerprint density at radius 1 is 1.32 bits per heavy atom. The number of amides is 1. The standard InChI is InChI=1S/C16H16N2O4/c1-10-4-6-11(7-5-10)12-9-14(22-17-12)15(19)18-8-2-3-13(18)16(20)21/h4-7,9,13H,2-3,8H2,1H3,(H,20,21). The van der Waals surface area contributed by atoms with E-state index in [1.165, 1.54) is 4.90 Å². The van der Waals surface area contributed by atoms with Gasteiger partial charge in [-0.25, -0.2) is 4.79 Å². The highest BCUT2D eigenvalue weighted by Gasteiger charge is 2.36. The first-order valence-electron chi connectivity index (χ1n) is 7.14. The third-order valence-corrected chi connectivity index (χ3v) is 3.87. The van der Waals surface area contributed by atoms with Crippen LogP contribution in [-0.4, -0.2) is 39.6 Å². The molecule has 22 heavy (non-hydrogen) atoms. The molecule has 1 aromatic carbocycles. The molecule has 1 aliphatic rings. The number of benzene rings is 1. The zero-order chi connectivity index (χ0) is 15.7. The Hall–Kier alpha value is -2.63. The molecule has 2 heterocycles. The van der Waals surface area contributed by atoms with E-state index in [2.05, 4.69) is 5.16 Å². The first-order chi connectivity index (χ1) is 10.6. The summed E-state index contributed by atoms with van der Waals surface area (Å²) >= 11 is 0. The van der Waals surface area contributed by atoms with Gasteiger partial charge in [-0.05, 0) is 19.8 Å². The molecule has 0 radical (unpaired) electrons. The normalized spacial score (nSPS) is 17.7. The van der Waals surface area contributed by atoms with Crippen LogP contribution in [0.5, 0.6) is 0 Å². The van der Waals surface area contributed by atoms with Crippen molar-refractivity contribution in [3.63, 3.8) is 0 Å². The van der Waals surface area contributed by atoms with Gasteiger partial charge in [-0.2, -0.15) is 0 Å². The lowest BCUT2D eigenvalue weighted by Gasteiger charge is -2.19. The lowest BCUT2D eigenvalue weighted by atomic mass is 10.1. The van der Waals surface area contributed by atoms with Gasteiger partial charge < -0.3 is 14.5 Å². The SMILES string of the molecule is Cc1ccc(-c2cc(C(=O)N3CCCC3C(=O)O)on2)cc1. The number of likely N-dealkylation sites (tertiary alicyclic amines) is 1. The van der Waals surface area contributed by atoms with Crippen molar-refractivity contribution in [1.82, 2.24) is 10.1 Å². The average Bonchev–Trinajstić information content (AvgIpc) is 3.17. The number of carbonyl (C=O) groups excluding carboxylic acids is 1. The van der Waals surface area contributed by atoms with Gasteiger partial charge >= 0.3 is 5.97 Å². The van der Waals surface area contributed by atoms with Crippen molar-refractivity contribution >= 4 is 11.9 Å². The van der Waals surface area contributed by atoms with Crippen LogP contribution in [0.25, 0.3) is 11.3 Å². The molecule has 2 aromatic rings. The minimum atomic E-state index is -0.982. The van der Waals surface area contributed by atoms with Crippen LogP contribution in [-0.2, 0) is 4.79 Å². The predicted octanol–water partition coefficient (Wildman–Crippen LogP) is 2.34. The van der Waals surface area contributed by atoms with Crippen molar-refractivity contribution in [2.75, 3.05) is 6.54 Å². The smallest absolute Gasteiger partial charge is 0.326 e. The molecule has 0 saturated carbocycles. The maximum atomic E-state index is 12.4. The quantitative estimate of drug-likeness (QED) is 0.940. The van der Waals surface area contributed by atoms with Crippen molar-refractivity contribution in [3.8, 4) is 11.3 Å². The van der Waals surface area contributed by atoms with Crippen LogP contribution in [0.3, 0.4) is 0 Å². The summed E-state index contributed by atoms with van der Waals surface area (Å²) in [6.07, 6.45) is 1.15. The van der Waals surface area contributed by atoms with Crippen LogP contribution in [0, 0.1) is 6.92 Å². The van der Waals surface area contributed by atoms with Gasteiger partial charge in [0.15, 0.2) is 0 Å². The van der Waals surface area contributed by atoms with E-state index in [1.807, 2.05) is 31.2 Å². The number of aliphatic carboxylic acids is 1. The summed E-state index contributed by atoms with van der Waals surface area (Å²) in [6, 6.07) is 8.48. The molecule has 0 bridgehead atoms. The fourth-order valence-corrected chi connectivity index (χ4v) is 2.64. The molecule has 1 aliphatic heterocycles. The van der Waals surface area contributed by atoms with Gasteiger partial charge in [0, 0.05) is 18.2 Å². The summed E-state index contributed by atoms with van der Waals surface area (Å²) in [4.78, 5) is 24.9. The molecule has 3 rings (SSSR count). The highest BCUT2D eigenvalue weighted by Crippen LogP contribution is 2.24. The molecule has 1 amide bonds. The number of rotatable bonds is 3. The topological polar surface area (TPSA) is 83.6 Å². The van der Waals surface area contributed by atoms with E-state index in [9.17, 15) is 9.59 Å². The Morgan fingerprint density at radius 2 is 2.05 bits per heavy atom. The highest BCUT2D eigenvalue weighted by atomic mass is 16.5. The van der Waals surface area contributed by atoms with E-state index in [0.717, 1.165) is 11.1 Å². The zero-order valence-corrected chi connectivity index (χ0v) is 12.2. The molecule has 1 unspecified atom stereocenters. The van der Waals surface area contributed by atoms with Gasteiger partial charge in [0.05, 0.1) is 0 Å². The fraction of sp³-hybridized carbons (Fsp3) is 0.312. The summed E-state index contributed by atoms with van der Waals surface area (Å²) in [5.74, 6) is -1.33. The van der Waals surface area contributed by atoms with Crippen molar-refractivity contribution in [2.24, 2.45) is 0 Å². The first kappa shape index (κ1) is 14.3. The minimum absolute atomic E-state index is 0.0729.